The van der Waals surface area contributed by atoms with Gasteiger partial charge in [-0.25, -0.2) is 13.4 Å². The van der Waals surface area contributed by atoms with Crippen LogP contribution in [0.3, 0.4) is 0 Å². The standard InChI is InChI=1S/C26H28N4O4S2/c1-34-19-7-5-17-6-8-21(14-18(17)13-19)36(32,33)29-23(26(31)30-11-3-2-4-12-30)16-20-15-22-24(35-20)9-10-28-25(22)27/h5-10,13-15,23,29H,2-4,11-12,16H2,1H3,(H2,27,28). The molecule has 0 radical (unpaired) electrons. The Hall–Kier alpha value is -3.21. The van der Waals surface area contributed by atoms with Gasteiger partial charge in [0.15, 0.2) is 0 Å². The highest BCUT2D eigenvalue weighted by Gasteiger charge is 2.31. The monoisotopic (exact) mass is 524 g/mol. The van der Waals surface area contributed by atoms with Gasteiger partial charge in [0.2, 0.25) is 15.9 Å². The molecule has 1 aliphatic rings. The van der Waals surface area contributed by atoms with Crippen molar-refractivity contribution in [1.82, 2.24) is 14.6 Å². The number of fused-ring (bicyclic) bond motifs is 2. The van der Waals surface area contributed by atoms with Gasteiger partial charge in [0.1, 0.15) is 17.6 Å². The number of carbonyl (C=O) groups is 1. The number of thiophene rings is 1. The summed E-state index contributed by atoms with van der Waals surface area (Å²) in [6.45, 7) is 1.27. The van der Waals surface area contributed by atoms with Crippen molar-refractivity contribution in [2.24, 2.45) is 0 Å². The number of nitrogen functional groups attached to an aromatic ring is 1. The summed E-state index contributed by atoms with van der Waals surface area (Å²) in [7, 11) is -2.42. The predicted molar refractivity (Wildman–Crippen MR) is 143 cm³/mol. The number of nitrogens with two attached hydrogens (primary N) is 1. The van der Waals surface area contributed by atoms with Gasteiger partial charge in [0, 0.05) is 40.7 Å². The first-order valence-corrected chi connectivity index (χ1v) is 14.2. The Morgan fingerprint density at radius 3 is 2.64 bits per heavy atom. The van der Waals surface area contributed by atoms with Gasteiger partial charge < -0.3 is 15.4 Å². The van der Waals surface area contributed by atoms with Crippen molar-refractivity contribution in [3.8, 4) is 5.75 Å². The first-order chi connectivity index (χ1) is 17.3. The molecular formula is C26H28N4O4S2. The summed E-state index contributed by atoms with van der Waals surface area (Å²) < 4.78 is 36.0. The van der Waals surface area contributed by atoms with Crippen molar-refractivity contribution >= 4 is 53.9 Å². The average molecular weight is 525 g/mol. The van der Waals surface area contributed by atoms with E-state index in [1.807, 2.05) is 24.3 Å². The molecule has 3 heterocycles. The number of amides is 1. The van der Waals surface area contributed by atoms with Crippen molar-refractivity contribution in [3.63, 3.8) is 0 Å². The van der Waals surface area contributed by atoms with Gasteiger partial charge in [0.05, 0.1) is 12.0 Å². The highest BCUT2D eigenvalue weighted by atomic mass is 32.2. The minimum Gasteiger partial charge on any atom is -0.497 e. The smallest absolute Gasteiger partial charge is 0.241 e. The summed E-state index contributed by atoms with van der Waals surface area (Å²) in [6.07, 6.45) is 4.79. The van der Waals surface area contributed by atoms with Crippen LogP contribution >= 0.6 is 11.3 Å². The number of ether oxygens (including phenoxy) is 1. The van der Waals surface area contributed by atoms with Gasteiger partial charge in [-0.3, -0.25) is 4.79 Å². The van der Waals surface area contributed by atoms with Crippen LogP contribution in [0.25, 0.3) is 20.9 Å². The Labute approximate surface area is 214 Å². The number of hydrogen-bond donors (Lipinski definition) is 2. The molecule has 2 aromatic carbocycles. The minimum absolute atomic E-state index is 0.101. The summed E-state index contributed by atoms with van der Waals surface area (Å²) in [6, 6.07) is 13.3. The molecule has 8 nitrogen and oxygen atoms in total. The molecule has 4 aromatic rings. The fourth-order valence-corrected chi connectivity index (χ4v) is 6.94. The highest BCUT2D eigenvalue weighted by Crippen LogP contribution is 2.30. The van der Waals surface area contributed by atoms with Crippen LogP contribution in [0.1, 0.15) is 24.1 Å². The molecule has 0 saturated carbocycles. The van der Waals surface area contributed by atoms with Crippen LogP contribution < -0.4 is 15.2 Å². The summed E-state index contributed by atoms with van der Waals surface area (Å²) in [4.78, 5) is 20.4. The van der Waals surface area contributed by atoms with E-state index in [4.69, 9.17) is 10.5 Å². The number of benzene rings is 2. The zero-order valence-corrected chi connectivity index (χ0v) is 21.6. The number of aromatic nitrogens is 1. The van der Waals surface area contributed by atoms with Gasteiger partial charge in [-0.05, 0) is 66.4 Å². The molecule has 0 spiro atoms. The molecule has 1 saturated heterocycles. The number of piperidine rings is 1. The maximum absolute atomic E-state index is 13.5. The van der Waals surface area contributed by atoms with Crippen LogP contribution in [0.4, 0.5) is 5.82 Å². The number of nitrogens with zero attached hydrogens (tertiary/aromatic N) is 2. The zero-order valence-electron chi connectivity index (χ0n) is 19.9. The molecule has 1 amide bonds. The third-order valence-corrected chi connectivity index (χ3v) is 9.12. The number of rotatable bonds is 7. The average Bonchev–Trinajstić information content (AvgIpc) is 3.31. The van der Waals surface area contributed by atoms with E-state index in [9.17, 15) is 13.2 Å². The molecule has 3 N–H and O–H groups in total. The third kappa shape index (κ3) is 5.02. The Bertz CT molecular complexity index is 1530. The van der Waals surface area contributed by atoms with Gasteiger partial charge in [0.25, 0.3) is 0 Å². The molecule has 0 aliphatic carbocycles. The van der Waals surface area contributed by atoms with Crippen LogP contribution in [0.2, 0.25) is 0 Å². The molecule has 5 rings (SSSR count). The Balaban J connectivity index is 1.47. The van der Waals surface area contributed by atoms with Crippen LogP contribution in [-0.2, 0) is 21.2 Å². The Kier molecular flexibility index (Phi) is 6.83. The fraction of sp³-hybridized carbons (Fsp3) is 0.308. The van der Waals surface area contributed by atoms with Crippen molar-refractivity contribution in [1.29, 1.82) is 0 Å². The molecule has 36 heavy (non-hydrogen) atoms. The van der Waals surface area contributed by atoms with Crippen molar-refractivity contribution in [2.45, 2.75) is 36.6 Å². The van der Waals surface area contributed by atoms with Crippen molar-refractivity contribution in [3.05, 3.63) is 59.6 Å². The largest absolute Gasteiger partial charge is 0.497 e. The van der Waals surface area contributed by atoms with Gasteiger partial charge in [-0.1, -0.05) is 12.1 Å². The molecule has 0 bridgehead atoms. The molecule has 1 unspecified atom stereocenters. The van der Waals surface area contributed by atoms with E-state index in [0.29, 0.717) is 24.7 Å². The predicted octanol–water partition coefficient (Wildman–Crippen LogP) is 3.94. The summed E-state index contributed by atoms with van der Waals surface area (Å²) in [5, 5.41) is 2.45. The number of carbonyl (C=O) groups excluding carboxylic acids is 1. The fourth-order valence-electron chi connectivity index (χ4n) is 4.60. The lowest BCUT2D eigenvalue weighted by Gasteiger charge is -2.30. The van der Waals surface area contributed by atoms with Gasteiger partial charge in [-0.15, -0.1) is 11.3 Å². The third-order valence-electron chi connectivity index (χ3n) is 6.53. The van der Waals surface area contributed by atoms with E-state index in [1.54, 1.807) is 42.5 Å². The number of anilines is 1. The normalized spacial score (nSPS) is 15.3. The Morgan fingerprint density at radius 2 is 1.89 bits per heavy atom. The van der Waals surface area contributed by atoms with Crippen LogP contribution in [0, 0.1) is 0 Å². The zero-order chi connectivity index (χ0) is 25.3. The Morgan fingerprint density at radius 1 is 1.11 bits per heavy atom. The van der Waals surface area contributed by atoms with E-state index < -0.39 is 16.1 Å². The van der Waals surface area contributed by atoms with Crippen LogP contribution in [-0.4, -0.2) is 50.5 Å². The number of methoxy groups -OCH3 is 1. The van der Waals surface area contributed by atoms with E-state index in [1.165, 1.54) is 11.3 Å². The number of nitrogens with one attached hydrogen (secondary N) is 1. The number of likely N-dealkylation sites (tertiary alicyclic amines) is 1. The first kappa shape index (κ1) is 24.5. The summed E-state index contributed by atoms with van der Waals surface area (Å²) >= 11 is 1.49. The first-order valence-electron chi connectivity index (χ1n) is 11.9. The molecule has 1 aliphatic heterocycles. The topological polar surface area (TPSA) is 115 Å². The second-order valence-electron chi connectivity index (χ2n) is 8.96. The lowest BCUT2D eigenvalue weighted by molar-refractivity contribution is -0.133. The summed E-state index contributed by atoms with van der Waals surface area (Å²) in [5.41, 5.74) is 6.02. The lowest BCUT2D eigenvalue weighted by atomic mass is 10.1. The maximum atomic E-state index is 13.5. The van der Waals surface area contributed by atoms with E-state index in [-0.39, 0.29) is 17.2 Å². The molecule has 10 heteroatoms. The molecule has 2 aromatic heterocycles. The summed E-state index contributed by atoms with van der Waals surface area (Å²) in [5.74, 6) is 0.854. The minimum atomic E-state index is -3.98. The van der Waals surface area contributed by atoms with E-state index in [2.05, 4.69) is 9.71 Å². The van der Waals surface area contributed by atoms with Crippen LogP contribution in [0.15, 0.2) is 59.6 Å². The number of sulfonamides is 1. The number of hydrogen-bond acceptors (Lipinski definition) is 7. The van der Waals surface area contributed by atoms with E-state index in [0.717, 1.165) is 45.0 Å². The van der Waals surface area contributed by atoms with Gasteiger partial charge in [-0.2, -0.15) is 4.72 Å². The maximum Gasteiger partial charge on any atom is 0.241 e. The SMILES string of the molecule is COc1ccc2ccc(S(=O)(=O)NC(Cc3cc4c(N)nccc4s3)C(=O)N3CCCCC3)cc2c1. The molecule has 1 atom stereocenters. The molecule has 188 valence electrons. The highest BCUT2D eigenvalue weighted by molar-refractivity contribution is 7.89. The quantitative estimate of drug-likeness (QED) is 0.378. The molecule has 1 fully saturated rings. The lowest BCUT2D eigenvalue weighted by Crippen LogP contribution is -2.50. The van der Waals surface area contributed by atoms with Crippen molar-refractivity contribution in [2.75, 3.05) is 25.9 Å². The number of pyridine rings is 1. The van der Waals surface area contributed by atoms with Gasteiger partial charge >= 0.3 is 0 Å². The second kappa shape index (κ2) is 10.0. The second-order valence-corrected chi connectivity index (χ2v) is 11.8. The van der Waals surface area contributed by atoms with Crippen LogP contribution in [0.5, 0.6) is 5.75 Å². The van der Waals surface area contributed by atoms with Crippen molar-refractivity contribution < 1.29 is 17.9 Å². The van der Waals surface area contributed by atoms with E-state index >= 15 is 0 Å². The molecular weight excluding hydrogens is 496 g/mol.